The van der Waals surface area contributed by atoms with Crippen molar-refractivity contribution in [1.82, 2.24) is 14.9 Å². The van der Waals surface area contributed by atoms with Crippen LogP contribution < -0.4 is 0 Å². The molecule has 7 heteroatoms. The molecule has 3 heterocycles. The lowest BCUT2D eigenvalue weighted by atomic mass is 10.2. The maximum Gasteiger partial charge on any atom is 0.331 e. The van der Waals surface area contributed by atoms with Gasteiger partial charge in [0, 0.05) is 23.9 Å². The highest BCUT2D eigenvalue weighted by Crippen LogP contribution is 2.20. The van der Waals surface area contributed by atoms with E-state index in [0.717, 1.165) is 11.1 Å². The molecule has 0 aliphatic heterocycles. The van der Waals surface area contributed by atoms with E-state index in [2.05, 4.69) is 10.3 Å². The van der Waals surface area contributed by atoms with E-state index in [4.69, 9.17) is 13.7 Å². The number of esters is 1. The lowest BCUT2D eigenvalue weighted by Gasteiger charge is -2.00. The van der Waals surface area contributed by atoms with Crippen molar-refractivity contribution >= 4 is 12.0 Å². The molecule has 1 aromatic carbocycles. The summed E-state index contributed by atoms with van der Waals surface area (Å²) in [5, 5.41) is 8.15. The second-order valence-electron chi connectivity index (χ2n) is 6.06. The van der Waals surface area contributed by atoms with Gasteiger partial charge in [0.05, 0.1) is 19.0 Å². The molecule has 0 bridgehead atoms. The molecular weight excluding hydrogens is 358 g/mol. The molecule has 0 saturated carbocycles. The first-order valence-electron chi connectivity index (χ1n) is 8.67. The summed E-state index contributed by atoms with van der Waals surface area (Å²) < 4.78 is 17.4. The van der Waals surface area contributed by atoms with E-state index < -0.39 is 5.97 Å². The van der Waals surface area contributed by atoms with Crippen LogP contribution in [0.15, 0.2) is 82.2 Å². The minimum absolute atomic E-state index is 0.0145. The number of benzene rings is 1. The van der Waals surface area contributed by atoms with Gasteiger partial charge < -0.3 is 13.7 Å². The van der Waals surface area contributed by atoms with Gasteiger partial charge in [0.25, 0.3) is 0 Å². The molecule has 0 unspecified atom stereocenters. The van der Waals surface area contributed by atoms with Crippen LogP contribution in [0.2, 0.25) is 0 Å². The molecule has 0 radical (unpaired) electrons. The van der Waals surface area contributed by atoms with Crippen molar-refractivity contribution < 1.29 is 18.5 Å². The van der Waals surface area contributed by atoms with E-state index in [-0.39, 0.29) is 6.61 Å². The molecule has 140 valence electrons. The summed E-state index contributed by atoms with van der Waals surface area (Å²) in [5.74, 6) is 0.577. The third-order valence-electron chi connectivity index (χ3n) is 3.94. The van der Waals surface area contributed by atoms with Crippen LogP contribution in [0.25, 0.3) is 17.6 Å². The Hall–Kier alpha value is -3.87. The van der Waals surface area contributed by atoms with Gasteiger partial charge in [-0.05, 0) is 23.8 Å². The topological polar surface area (TPSA) is 83.3 Å². The van der Waals surface area contributed by atoms with Gasteiger partial charge in [-0.15, -0.1) is 0 Å². The number of hydrogen-bond acceptors (Lipinski definition) is 6. The quantitative estimate of drug-likeness (QED) is 0.359. The Morgan fingerprint density at radius 3 is 2.86 bits per heavy atom. The smallest absolute Gasteiger partial charge is 0.331 e. The predicted molar refractivity (Wildman–Crippen MR) is 101 cm³/mol. The van der Waals surface area contributed by atoms with Crippen molar-refractivity contribution in [2.24, 2.45) is 0 Å². The minimum atomic E-state index is -0.474. The van der Waals surface area contributed by atoms with E-state index in [9.17, 15) is 4.79 Å². The van der Waals surface area contributed by atoms with Gasteiger partial charge >= 0.3 is 5.97 Å². The van der Waals surface area contributed by atoms with Gasteiger partial charge in [-0.3, -0.25) is 4.68 Å². The van der Waals surface area contributed by atoms with Crippen molar-refractivity contribution in [3.8, 4) is 11.5 Å². The molecule has 4 rings (SSSR count). The summed E-state index contributed by atoms with van der Waals surface area (Å²) in [7, 11) is 0. The van der Waals surface area contributed by atoms with Gasteiger partial charge in [-0.1, -0.05) is 35.5 Å². The molecule has 4 aromatic rings. The third kappa shape index (κ3) is 4.45. The Labute approximate surface area is 160 Å². The van der Waals surface area contributed by atoms with Crippen LogP contribution in [0.3, 0.4) is 0 Å². The molecule has 0 fully saturated rings. The van der Waals surface area contributed by atoms with Gasteiger partial charge in [-0.2, -0.15) is 5.10 Å². The number of nitrogens with zero attached hydrogens (tertiary/aromatic N) is 3. The van der Waals surface area contributed by atoms with Crippen LogP contribution in [-0.4, -0.2) is 20.9 Å². The van der Waals surface area contributed by atoms with Crippen molar-refractivity contribution in [2.45, 2.75) is 13.2 Å². The Balaban J connectivity index is 1.28. The second-order valence-corrected chi connectivity index (χ2v) is 6.06. The van der Waals surface area contributed by atoms with Crippen LogP contribution in [0, 0.1) is 0 Å². The van der Waals surface area contributed by atoms with Gasteiger partial charge in [-0.25, -0.2) is 4.79 Å². The fourth-order valence-corrected chi connectivity index (χ4v) is 2.59. The highest BCUT2D eigenvalue weighted by atomic mass is 16.5. The Morgan fingerprint density at radius 1 is 1.14 bits per heavy atom. The molecule has 28 heavy (non-hydrogen) atoms. The maximum absolute atomic E-state index is 11.9. The standard InChI is InChI=1S/C21H17N3O4/c25-21(27-15-18-11-20(28-23-18)19-7-4-10-26-19)9-8-17-12-22-24(14-17)13-16-5-2-1-3-6-16/h1-12,14H,13,15H2/b9-8+. The molecule has 3 aromatic heterocycles. The second kappa shape index (κ2) is 8.22. The SMILES string of the molecule is O=C(/C=C/c1cnn(Cc2ccccc2)c1)OCc1cc(-c2ccco2)on1. The number of rotatable bonds is 7. The molecule has 0 spiro atoms. The minimum Gasteiger partial charge on any atom is -0.461 e. The van der Waals surface area contributed by atoms with Crippen molar-refractivity contribution in [1.29, 1.82) is 0 Å². The van der Waals surface area contributed by atoms with E-state index in [0.29, 0.717) is 23.8 Å². The molecule has 0 saturated heterocycles. The van der Waals surface area contributed by atoms with Crippen LogP contribution in [0.1, 0.15) is 16.8 Å². The average Bonchev–Trinajstić information content (AvgIpc) is 3.47. The lowest BCUT2D eigenvalue weighted by molar-refractivity contribution is -0.139. The third-order valence-corrected chi connectivity index (χ3v) is 3.94. The maximum atomic E-state index is 11.9. The molecule has 0 amide bonds. The molecule has 7 nitrogen and oxygen atoms in total. The number of hydrogen-bond donors (Lipinski definition) is 0. The van der Waals surface area contributed by atoms with Crippen molar-refractivity contribution in [3.63, 3.8) is 0 Å². The number of carbonyl (C=O) groups is 1. The first-order chi connectivity index (χ1) is 13.8. The fraction of sp³-hybridized carbons (Fsp3) is 0.0952. The number of aromatic nitrogens is 3. The highest BCUT2D eigenvalue weighted by molar-refractivity contribution is 5.86. The molecular formula is C21H17N3O4. The first kappa shape index (κ1) is 17.5. The van der Waals surface area contributed by atoms with Gasteiger partial charge in [0.1, 0.15) is 12.3 Å². The molecule has 0 aliphatic rings. The van der Waals surface area contributed by atoms with Crippen LogP contribution >= 0.6 is 0 Å². The summed E-state index contributed by atoms with van der Waals surface area (Å²) in [5.41, 5.74) is 2.47. The number of furan rings is 1. The van der Waals surface area contributed by atoms with E-state index in [1.807, 2.05) is 41.2 Å². The number of ether oxygens (including phenoxy) is 1. The largest absolute Gasteiger partial charge is 0.461 e. The van der Waals surface area contributed by atoms with E-state index in [1.165, 1.54) is 6.08 Å². The highest BCUT2D eigenvalue weighted by Gasteiger charge is 2.10. The van der Waals surface area contributed by atoms with Gasteiger partial charge in [0.2, 0.25) is 5.76 Å². The zero-order valence-electron chi connectivity index (χ0n) is 14.9. The normalized spacial score (nSPS) is 11.1. The van der Waals surface area contributed by atoms with E-state index in [1.54, 1.807) is 36.7 Å². The van der Waals surface area contributed by atoms with Crippen molar-refractivity contribution in [3.05, 3.63) is 90.1 Å². The summed E-state index contributed by atoms with van der Waals surface area (Å²) in [6.45, 7) is 0.684. The molecule has 0 atom stereocenters. The van der Waals surface area contributed by atoms with E-state index >= 15 is 0 Å². The summed E-state index contributed by atoms with van der Waals surface area (Å²) >= 11 is 0. The summed E-state index contributed by atoms with van der Waals surface area (Å²) in [4.78, 5) is 11.9. The Bertz CT molecular complexity index is 1060. The van der Waals surface area contributed by atoms with Crippen LogP contribution in [0.4, 0.5) is 0 Å². The Kier molecular flexibility index (Phi) is 5.15. The monoisotopic (exact) mass is 375 g/mol. The number of carbonyl (C=O) groups excluding carboxylic acids is 1. The Morgan fingerprint density at radius 2 is 2.04 bits per heavy atom. The molecule has 0 N–H and O–H groups in total. The average molecular weight is 375 g/mol. The zero-order chi connectivity index (χ0) is 19.2. The predicted octanol–water partition coefficient (Wildman–Crippen LogP) is 3.94. The summed E-state index contributed by atoms with van der Waals surface area (Å²) in [6, 6.07) is 15.2. The fourth-order valence-electron chi connectivity index (χ4n) is 2.59. The van der Waals surface area contributed by atoms with Crippen molar-refractivity contribution in [2.75, 3.05) is 0 Å². The lowest BCUT2D eigenvalue weighted by Crippen LogP contribution is -2.00. The first-order valence-corrected chi connectivity index (χ1v) is 8.67. The van der Waals surface area contributed by atoms with Crippen LogP contribution in [0.5, 0.6) is 0 Å². The van der Waals surface area contributed by atoms with Crippen LogP contribution in [-0.2, 0) is 22.7 Å². The van der Waals surface area contributed by atoms with Gasteiger partial charge in [0.15, 0.2) is 5.76 Å². The zero-order valence-corrected chi connectivity index (χ0v) is 14.9. The summed E-state index contributed by atoms with van der Waals surface area (Å²) in [6.07, 6.45) is 8.12. The molecule has 0 aliphatic carbocycles.